The van der Waals surface area contributed by atoms with E-state index in [0.29, 0.717) is 38.3 Å². The summed E-state index contributed by atoms with van der Waals surface area (Å²) in [6.07, 6.45) is 0.618. The zero-order valence-corrected chi connectivity index (χ0v) is 24.2. The van der Waals surface area contributed by atoms with E-state index < -0.39 is 29.6 Å². The minimum absolute atomic E-state index is 0.112. The largest absolute Gasteiger partial charge is 0.480 e. The molecule has 1 aliphatic heterocycles. The van der Waals surface area contributed by atoms with Crippen molar-refractivity contribution in [1.29, 1.82) is 0 Å². The summed E-state index contributed by atoms with van der Waals surface area (Å²) in [6.45, 7) is 5.57. The van der Waals surface area contributed by atoms with Crippen molar-refractivity contribution < 1.29 is 24.2 Å². The summed E-state index contributed by atoms with van der Waals surface area (Å²) in [6, 6.07) is 25.1. The van der Waals surface area contributed by atoms with Crippen LogP contribution in [-0.4, -0.2) is 59.3 Å². The standard InChI is InChI=1S/C34H39N3O5/c1-23(2)16-17-30(31(38)39)35-32(40)34(18-19-37(22-34)20-24-10-4-3-5-11-24)36-33(41)42-21-29-27-14-8-6-12-25(27)26-13-7-9-15-28(26)29/h3-15,23,29-30H,16-22H2,1-2H3,(H,35,40)(H,36,41)(H,38,39). The number of hydrogen-bond acceptors (Lipinski definition) is 5. The Labute approximate surface area is 247 Å². The molecule has 0 aromatic heterocycles. The van der Waals surface area contributed by atoms with Crippen LogP contribution in [0.3, 0.4) is 0 Å². The molecule has 1 aliphatic carbocycles. The maximum absolute atomic E-state index is 13.8. The molecule has 1 heterocycles. The Morgan fingerprint density at radius 1 is 0.929 bits per heavy atom. The molecule has 0 saturated carbocycles. The number of rotatable bonds is 11. The number of carboxylic acid groups (broad SMARTS) is 1. The molecule has 8 nitrogen and oxygen atoms in total. The quantitative estimate of drug-likeness (QED) is 0.294. The van der Waals surface area contributed by atoms with Crippen LogP contribution in [0.25, 0.3) is 11.1 Å². The number of benzene rings is 3. The van der Waals surface area contributed by atoms with Gasteiger partial charge in [-0.2, -0.15) is 0 Å². The van der Waals surface area contributed by atoms with Gasteiger partial charge in [-0.25, -0.2) is 9.59 Å². The maximum atomic E-state index is 13.8. The van der Waals surface area contributed by atoms with Crippen molar-refractivity contribution in [3.63, 3.8) is 0 Å². The van der Waals surface area contributed by atoms with E-state index in [1.807, 2.05) is 68.4 Å². The van der Waals surface area contributed by atoms with E-state index in [1.165, 1.54) is 0 Å². The van der Waals surface area contributed by atoms with Crippen molar-refractivity contribution in [2.75, 3.05) is 19.7 Å². The topological polar surface area (TPSA) is 108 Å². The van der Waals surface area contributed by atoms with E-state index in [9.17, 15) is 19.5 Å². The lowest BCUT2D eigenvalue weighted by molar-refractivity contribution is -0.143. The average Bonchev–Trinajstić information content (AvgIpc) is 3.53. The molecular formula is C34H39N3O5. The Morgan fingerprint density at radius 3 is 2.17 bits per heavy atom. The lowest BCUT2D eigenvalue weighted by Crippen LogP contribution is -2.62. The summed E-state index contributed by atoms with van der Waals surface area (Å²) < 4.78 is 5.80. The zero-order valence-electron chi connectivity index (χ0n) is 24.2. The van der Waals surface area contributed by atoms with Crippen molar-refractivity contribution in [2.45, 2.75) is 57.2 Å². The second kappa shape index (κ2) is 12.8. The summed E-state index contributed by atoms with van der Waals surface area (Å²) in [5.41, 5.74) is 4.24. The number of likely N-dealkylation sites (tertiary alicyclic amines) is 1. The van der Waals surface area contributed by atoms with Crippen LogP contribution in [0.2, 0.25) is 0 Å². The van der Waals surface area contributed by atoms with Crippen LogP contribution in [0.1, 0.15) is 55.7 Å². The molecule has 3 N–H and O–H groups in total. The Hall–Kier alpha value is -4.17. The Bertz CT molecular complexity index is 1380. The Balaban J connectivity index is 1.31. The summed E-state index contributed by atoms with van der Waals surface area (Å²) in [5, 5.41) is 15.4. The van der Waals surface area contributed by atoms with Crippen molar-refractivity contribution in [1.82, 2.24) is 15.5 Å². The van der Waals surface area contributed by atoms with Gasteiger partial charge in [-0.15, -0.1) is 0 Å². The second-order valence-corrected chi connectivity index (χ2v) is 11.8. The summed E-state index contributed by atoms with van der Waals surface area (Å²) in [7, 11) is 0. The predicted octanol–water partition coefficient (Wildman–Crippen LogP) is 5.18. The third-order valence-corrected chi connectivity index (χ3v) is 8.35. The van der Waals surface area contributed by atoms with Crippen LogP contribution in [0.15, 0.2) is 78.9 Å². The monoisotopic (exact) mass is 569 g/mol. The first kappa shape index (κ1) is 29.3. The van der Waals surface area contributed by atoms with Crippen LogP contribution in [0, 0.1) is 5.92 Å². The number of amides is 2. The maximum Gasteiger partial charge on any atom is 0.408 e. The van der Waals surface area contributed by atoms with Gasteiger partial charge in [0.25, 0.3) is 0 Å². The van der Waals surface area contributed by atoms with E-state index in [-0.39, 0.29) is 19.1 Å². The van der Waals surface area contributed by atoms with E-state index in [0.717, 1.165) is 27.8 Å². The van der Waals surface area contributed by atoms with E-state index >= 15 is 0 Å². The molecule has 2 amide bonds. The van der Waals surface area contributed by atoms with Crippen molar-refractivity contribution in [3.05, 3.63) is 95.6 Å². The lowest BCUT2D eigenvalue weighted by atomic mass is 9.95. The van der Waals surface area contributed by atoms with E-state index in [1.54, 1.807) is 0 Å². The number of ether oxygens (including phenoxy) is 1. The smallest absolute Gasteiger partial charge is 0.408 e. The number of aliphatic carboxylic acids is 1. The summed E-state index contributed by atoms with van der Waals surface area (Å²) in [5.74, 6) is -1.40. The lowest BCUT2D eigenvalue weighted by Gasteiger charge is -2.31. The van der Waals surface area contributed by atoms with Crippen molar-refractivity contribution in [2.24, 2.45) is 5.92 Å². The van der Waals surface area contributed by atoms with Gasteiger partial charge in [-0.3, -0.25) is 9.69 Å². The number of carboxylic acids is 1. The van der Waals surface area contributed by atoms with Crippen LogP contribution >= 0.6 is 0 Å². The normalized spacial score (nSPS) is 18.7. The zero-order chi connectivity index (χ0) is 29.7. The SMILES string of the molecule is CC(C)CCC(NC(=O)C1(NC(=O)OCC2c3ccccc3-c3ccccc32)CCN(Cc2ccccc2)C1)C(=O)O. The number of alkyl carbamates (subject to hydrolysis) is 1. The van der Waals surface area contributed by atoms with Crippen LogP contribution in [0.4, 0.5) is 4.79 Å². The molecule has 3 aromatic carbocycles. The molecule has 1 fully saturated rings. The number of hydrogen-bond donors (Lipinski definition) is 3. The number of carbonyl (C=O) groups is 3. The highest BCUT2D eigenvalue weighted by molar-refractivity contribution is 5.93. The third-order valence-electron chi connectivity index (χ3n) is 8.35. The molecule has 0 radical (unpaired) electrons. The molecule has 1 saturated heterocycles. The number of nitrogens with zero attached hydrogens (tertiary/aromatic N) is 1. The molecule has 0 spiro atoms. The van der Waals surface area contributed by atoms with Gasteiger partial charge in [0.05, 0.1) is 0 Å². The molecule has 220 valence electrons. The molecule has 42 heavy (non-hydrogen) atoms. The highest BCUT2D eigenvalue weighted by atomic mass is 16.5. The van der Waals surface area contributed by atoms with Gasteiger partial charge < -0.3 is 20.5 Å². The molecule has 2 unspecified atom stereocenters. The van der Waals surface area contributed by atoms with Gasteiger partial charge in [-0.1, -0.05) is 92.7 Å². The second-order valence-electron chi connectivity index (χ2n) is 11.8. The first-order chi connectivity index (χ1) is 20.3. The number of nitrogens with one attached hydrogen (secondary N) is 2. The molecule has 2 atom stereocenters. The van der Waals surface area contributed by atoms with E-state index in [2.05, 4.69) is 39.8 Å². The minimum Gasteiger partial charge on any atom is -0.480 e. The molecule has 0 bridgehead atoms. The van der Waals surface area contributed by atoms with Gasteiger partial charge in [0.1, 0.15) is 18.2 Å². The van der Waals surface area contributed by atoms with Crippen molar-refractivity contribution >= 4 is 18.0 Å². The molecular weight excluding hydrogens is 530 g/mol. The molecule has 2 aliphatic rings. The van der Waals surface area contributed by atoms with Gasteiger partial charge in [0, 0.05) is 25.6 Å². The predicted molar refractivity (Wildman–Crippen MR) is 161 cm³/mol. The first-order valence-electron chi connectivity index (χ1n) is 14.7. The fourth-order valence-corrected chi connectivity index (χ4v) is 6.09. The highest BCUT2D eigenvalue weighted by Gasteiger charge is 2.47. The number of carbonyl (C=O) groups excluding carboxylic acids is 2. The summed E-state index contributed by atoms with van der Waals surface area (Å²) in [4.78, 5) is 41.2. The van der Waals surface area contributed by atoms with Crippen molar-refractivity contribution in [3.8, 4) is 11.1 Å². The molecule has 8 heteroatoms. The molecule has 3 aromatic rings. The van der Waals surface area contributed by atoms with Gasteiger partial charge in [0.15, 0.2) is 0 Å². The van der Waals surface area contributed by atoms with E-state index in [4.69, 9.17) is 4.74 Å². The first-order valence-corrected chi connectivity index (χ1v) is 14.7. The summed E-state index contributed by atoms with van der Waals surface area (Å²) >= 11 is 0. The number of fused-ring (bicyclic) bond motifs is 3. The van der Waals surface area contributed by atoms with Gasteiger partial charge >= 0.3 is 12.1 Å². The Kier molecular flexibility index (Phi) is 8.92. The van der Waals surface area contributed by atoms with Crippen LogP contribution < -0.4 is 10.6 Å². The molecule has 5 rings (SSSR count). The average molecular weight is 570 g/mol. The van der Waals surface area contributed by atoms with Crippen LogP contribution in [-0.2, 0) is 20.9 Å². The van der Waals surface area contributed by atoms with Crippen LogP contribution in [0.5, 0.6) is 0 Å². The third kappa shape index (κ3) is 6.49. The highest BCUT2D eigenvalue weighted by Crippen LogP contribution is 2.44. The van der Waals surface area contributed by atoms with Gasteiger partial charge in [0.2, 0.25) is 5.91 Å². The van der Waals surface area contributed by atoms with Gasteiger partial charge in [-0.05, 0) is 53.0 Å². The minimum atomic E-state index is -1.32. The fraction of sp³-hybridized carbons (Fsp3) is 0.382. The fourth-order valence-electron chi connectivity index (χ4n) is 6.09. The Morgan fingerprint density at radius 2 is 1.55 bits per heavy atom.